The lowest BCUT2D eigenvalue weighted by molar-refractivity contribution is 0.0904. The Morgan fingerprint density at radius 2 is 1.88 bits per heavy atom. The van der Waals surface area contributed by atoms with E-state index in [1.54, 1.807) is 6.07 Å². The Hall–Kier alpha value is -1.46. The van der Waals surface area contributed by atoms with Crippen molar-refractivity contribution in [2.24, 2.45) is 0 Å². The number of hydrogen-bond acceptors (Lipinski definition) is 5. The summed E-state index contributed by atoms with van der Waals surface area (Å²) in [5.74, 6) is 0. The Bertz CT molecular complexity index is 598. The number of likely N-dealkylation sites (N-methyl/N-ethyl adjacent to an activating group) is 1. The molecule has 4 radical (unpaired) electrons. The lowest BCUT2D eigenvalue weighted by atomic mass is 9.80. The molecule has 24 heavy (non-hydrogen) atoms. The predicted octanol–water partition coefficient (Wildman–Crippen LogP) is -0.571. The Balaban J connectivity index is 1.91. The molecule has 1 N–H and O–H groups in total. The molecule has 124 valence electrons. The maximum Gasteiger partial charge on any atom is 0.152 e. The van der Waals surface area contributed by atoms with Crippen LogP contribution in [0.4, 0.5) is 11.4 Å². The van der Waals surface area contributed by atoms with Gasteiger partial charge in [-0.3, -0.25) is 4.79 Å². The topological polar surface area (TPSA) is 44.8 Å². The van der Waals surface area contributed by atoms with E-state index in [9.17, 15) is 4.79 Å². The number of nitrogens with one attached hydrogen (secondary N) is 1. The van der Waals surface area contributed by atoms with Gasteiger partial charge >= 0.3 is 0 Å². The molecule has 1 aromatic rings. The molecule has 0 aliphatic carbocycles. The Kier molecular flexibility index (Phi) is 5.51. The normalized spacial score (nSPS) is 20.1. The molecule has 0 amide bonds. The maximum absolute atomic E-state index is 11.5. The monoisotopic (exact) mass is 323 g/mol. The van der Waals surface area contributed by atoms with Gasteiger partial charge in [0, 0.05) is 62.4 Å². The molecule has 1 aromatic carbocycles. The number of benzene rings is 1. The molecule has 2 fully saturated rings. The van der Waals surface area contributed by atoms with E-state index < -0.39 is 0 Å². The van der Waals surface area contributed by atoms with Crippen LogP contribution < -0.4 is 21.1 Å². The van der Waals surface area contributed by atoms with Gasteiger partial charge in [-0.15, -0.1) is 0 Å². The van der Waals surface area contributed by atoms with Crippen LogP contribution >= 0.6 is 0 Å². The lowest BCUT2D eigenvalue weighted by Gasteiger charge is -2.37. The minimum atomic E-state index is 0.267. The third-order valence-corrected chi connectivity index (χ3v) is 4.91. The van der Waals surface area contributed by atoms with Crippen molar-refractivity contribution in [1.82, 2.24) is 4.90 Å². The van der Waals surface area contributed by atoms with Crippen LogP contribution in [0.2, 0.25) is 0 Å². The van der Waals surface area contributed by atoms with Crippen LogP contribution in [0.3, 0.4) is 0 Å². The van der Waals surface area contributed by atoms with Crippen molar-refractivity contribution in [3.8, 4) is 0 Å². The van der Waals surface area contributed by atoms with Crippen LogP contribution in [-0.4, -0.2) is 79.4 Å². The fourth-order valence-electron chi connectivity index (χ4n) is 3.42. The molecule has 7 heteroatoms. The van der Waals surface area contributed by atoms with Crippen molar-refractivity contribution in [3.05, 3.63) is 11.6 Å². The first-order valence-corrected chi connectivity index (χ1v) is 8.55. The van der Waals surface area contributed by atoms with Crippen molar-refractivity contribution in [3.63, 3.8) is 0 Å². The van der Waals surface area contributed by atoms with Crippen LogP contribution in [0.5, 0.6) is 0 Å². The van der Waals surface area contributed by atoms with Gasteiger partial charge in [0.25, 0.3) is 0 Å². The van der Waals surface area contributed by atoms with Gasteiger partial charge in [-0.05, 0) is 19.9 Å². The summed E-state index contributed by atoms with van der Waals surface area (Å²) in [6.45, 7) is 5.15. The van der Waals surface area contributed by atoms with Gasteiger partial charge < -0.3 is 19.9 Å². The zero-order valence-corrected chi connectivity index (χ0v) is 14.3. The second kappa shape index (κ2) is 7.62. The van der Waals surface area contributed by atoms with Crippen molar-refractivity contribution in [2.45, 2.75) is 18.9 Å². The summed E-state index contributed by atoms with van der Waals surface area (Å²) in [6.07, 6.45) is 2.64. The highest BCUT2D eigenvalue weighted by atomic mass is 16.5. The van der Waals surface area contributed by atoms with Gasteiger partial charge in [0.2, 0.25) is 0 Å². The Labute approximate surface area is 146 Å². The number of piperazine rings is 1. The second-order valence-electron chi connectivity index (χ2n) is 6.63. The van der Waals surface area contributed by atoms with E-state index in [1.807, 2.05) is 0 Å². The summed E-state index contributed by atoms with van der Waals surface area (Å²) < 4.78 is 5.40. The Morgan fingerprint density at radius 3 is 2.50 bits per heavy atom. The molecule has 2 saturated heterocycles. The minimum Gasteiger partial charge on any atom is -0.382 e. The standard InChI is InChI=1S/C17H23B2N3O2/c1-21-4-6-22(7-5-21)17-14(18)10-12(11-23)16(15(17)19)20-13-2-8-24-9-3-13/h10-11,13,20H,2-9H2,1H3. The number of carbonyl (C=O) groups is 1. The second-order valence-corrected chi connectivity index (χ2v) is 6.63. The molecule has 0 spiro atoms. The maximum atomic E-state index is 11.5. The molecule has 2 aliphatic heterocycles. The van der Waals surface area contributed by atoms with Gasteiger partial charge in [0.1, 0.15) is 15.7 Å². The molecule has 3 rings (SSSR count). The van der Waals surface area contributed by atoms with Crippen molar-refractivity contribution in [2.75, 3.05) is 56.7 Å². The lowest BCUT2D eigenvalue weighted by Crippen LogP contribution is -2.48. The molecule has 2 heterocycles. The number of nitrogens with zero attached hydrogens (tertiary/aromatic N) is 2. The third-order valence-electron chi connectivity index (χ3n) is 4.91. The molecule has 5 nitrogen and oxygen atoms in total. The number of rotatable bonds is 4. The largest absolute Gasteiger partial charge is 0.382 e. The summed E-state index contributed by atoms with van der Waals surface area (Å²) in [5, 5.41) is 3.46. The molecule has 2 aliphatic rings. The van der Waals surface area contributed by atoms with Crippen molar-refractivity contribution in [1.29, 1.82) is 0 Å². The zero-order chi connectivity index (χ0) is 17.1. The molecule has 0 aromatic heterocycles. The van der Waals surface area contributed by atoms with Gasteiger partial charge in [-0.2, -0.15) is 0 Å². The molecule has 0 saturated carbocycles. The van der Waals surface area contributed by atoms with E-state index in [4.69, 9.17) is 20.4 Å². The highest BCUT2D eigenvalue weighted by molar-refractivity contribution is 6.47. The van der Waals surface area contributed by atoms with Crippen molar-refractivity contribution < 1.29 is 9.53 Å². The zero-order valence-electron chi connectivity index (χ0n) is 14.3. The first-order chi connectivity index (χ1) is 11.6. The number of anilines is 2. The summed E-state index contributed by atoms with van der Waals surface area (Å²) >= 11 is 0. The number of aldehydes is 1. The van der Waals surface area contributed by atoms with Crippen LogP contribution in [0, 0.1) is 0 Å². The fraction of sp³-hybridized carbons (Fsp3) is 0.588. The number of hydrogen-bond donors (Lipinski definition) is 1. The van der Waals surface area contributed by atoms with Crippen LogP contribution in [0.1, 0.15) is 23.2 Å². The van der Waals surface area contributed by atoms with E-state index in [-0.39, 0.29) is 6.04 Å². The average Bonchev–Trinajstić information content (AvgIpc) is 2.60. The number of carbonyl (C=O) groups excluding carboxylic acids is 1. The summed E-state index contributed by atoms with van der Waals surface area (Å²) in [7, 11) is 14.8. The van der Waals surface area contributed by atoms with Crippen LogP contribution in [-0.2, 0) is 4.74 Å². The smallest absolute Gasteiger partial charge is 0.152 e. The van der Waals surface area contributed by atoms with Gasteiger partial charge in [-0.1, -0.05) is 17.0 Å². The molecule has 0 bridgehead atoms. The quantitative estimate of drug-likeness (QED) is 0.594. The average molecular weight is 323 g/mol. The molecule has 0 atom stereocenters. The van der Waals surface area contributed by atoms with E-state index in [0.717, 1.165) is 64.2 Å². The number of ether oxygens (including phenoxy) is 1. The first-order valence-electron chi connectivity index (χ1n) is 8.55. The van der Waals surface area contributed by atoms with Crippen LogP contribution in [0.25, 0.3) is 0 Å². The summed E-state index contributed by atoms with van der Waals surface area (Å²) in [6, 6.07) is 2.00. The first kappa shape index (κ1) is 17.4. The summed E-state index contributed by atoms with van der Waals surface area (Å²) in [4.78, 5) is 16.0. The highest BCUT2D eigenvalue weighted by Gasteiger charge is 2.22. The molecular weight excluding hydrogens is 300 g/mol. The fourth-order valence-corrected chi connectivity index (χ4v) is 3.42. The molecular formula is C17H23B2N3O2. The van der Waals surface area contributed by atoms with Gasteiger partial charge in [-0.25, -0.2) is 0 Å². The van der Waals surface area contributed by atoms with Gasteiger partial charge in [0.15, 0.2) is 6.29 Å². The van der Waals surface area contributed by atoms with E-state index in [0.29, 0.717) is 22.2 Å². The van der Waals surface area contributed by atoms with Crippen LogP contribution in [0.15, 0.2) is 6.07 Å². The predicted molar refractivity (Wildman–Crippen MR) is 99.8 cm³/mol. The molecule has 0 unspecified atom stereocenters. The van der Waals surface area contributed by atoms with E-state index >= 15 is 0 Å². The van der Waals surface area contributed by atoms with Gasteiger partial charge in [0.05, 0.1) is 0 Å². The third kappa shape index (κ3) is 3.62. The summed E-state index contributed by atoms with van der Waals surface area (Å²) in [5.41, 5.74) is 3.22. The Morgan fingerprint density at radius 1 is 1.21 bits per heavy atom. The van der Waals surface area contributed by atoms with Crippen molar-refractivity contribution >= 4 is 44.3 Å². The minimum absolute atomic E-state index is 0.267. The SMILES string of the molecule is [B]c1cc(C=O)c(NC2CCOCC2)c([B])c1N1CCN(C)CC1. The highest BCUT2D eigenvalue weighted by Crippen LogP contribution is 2.21. The van der Waals surface area contributed by atoms with E-state index in [2.05, 4.69) is 22.2 Å². The van der Waals surface area contributed by atoms with E-state index in [1.165, 1.54) is 0 Å².